The zero-order chi connectivity index (χ0) is 16.0. The molecular formula is C18H20Cl2N4. The van der Waals surface area contributed by atoms with Crippen molar-refractivity contribution in [2.24, 2.45) is 35.5 Å². The highest BCUT2D eigenvalue weighted by Gasteiger charge is 2.56. The van der Waals surface area contributed by atoms with Gasteiger partial charge in [-0.3, -0.25) is 0 Å². The molecule has 5 rings (SSSR count). The van der Waals surface area contributed by atoms with Crippen LogP contribution >= 0.6 is 24.0 Å². The second-order valence-electron chi connectivity index (χ2n) is 7.01. The minimum Gasteiger partial charge on any atom is -0.371 e. The molecular weight excluding hydrogens is 343 g/mol. The van der Waals surface area contributed by atoms with Crippen molar-refractivity contribution in [3.05, 3.63) is 29.3 Å². The van der Waals surface area contributed by atoms with Crippen LogP contribution in [0.4, 0.5) is 5.69 Å². The summed E-state index contributed by atoms with van der Waals surface area (Å²) in [6.07, 6.45) is 0. The lowest BCUT2D eigenvalue weighted by molar-refractivity contribution is 0.675. The fourth-order valence-electron chi connectivity index (χ4n) is 4.21. The third-order valence-electron chi connectivity index (χ3n) is 5.76. The molecule has 1 aromatic carbocycles. The van der Waals surface area contributed by atoms with Crippen molar-refractivity contribution in [1.29, 1.82) is 10.5 Å². The molecule has 1 N–H and O–H groups in total. The fraction of sp³-hybridized carbons (Fsp3) is 0.556. The lowest BCUT2D eigenvalue weighted by Gasteiger charge is -2.20. The number of hydrogen-bond acceptors (Lipinski definition) is 4. The summed E-state index contributed by atoms with van der Waals surface area (Å²) in [4.78, 5) is 2.33. The van der Waals surface area contributed by atoms with Gasteiger partial charge in [0.15, 0.2) is 0 Å². The van der Waals surface area contributed by atoms with E-state index >= 15 is 0 Å². The Balaban J connectivity index is 0.000000159. The van der Waals surface area contributed by atoms with Gasteiger partial charge in [-0.1, -0.05) is 17.7 Å². The minimum absolute atomic E-state index is 0. The summed E-state index contributed by atoms with van der Waals surface area (Å²) >= 11 is 5.95. The van der Waals surface area contributed by atoms with Gasteiger partial charge in [0, 0.05) is 23.8 Å². The molecule has 4 nitrogen and oxygen atoms in total. The van der Waals surface area contributed by atoms with Gasteiger partial charge in [0.2, 0.25) is 0 Å². The van der Waals surface area contributed by atoms with Crippen molar-refractivity contribution in [2.45, 2.75) is 0 Å². The maximum atomic E-state index is 8.82. The van der Waals surface area contributed by atoms with Gasteiger partial charge in [-0.05, 0) is 55.0 Å². The van der Waals surface area contributed by atoms with Crippen LogP contribution in [0.25, 0.3) is 0 Å². The molecule has 4 atom stereocenters. The van der Waals surface area contributed by atoms with E-state index in [2.05, 4.69) is 28.4 Å². The van der Waals surface area contributed by atoms with E-state index in [4.69, 9.17) is 22.1 Å². The standard InChI is InChI=1S/C12H11ClN2.C6H8N2.ClH/c13-8-2-1-3-9(4-8)15-6-11-10(5-14)12(11)7-15;7-1-4-5-2-8-3-6(4)5;/h1-4,10-12H,6-7H2;4-6,8H,2-3H2;1H. The van der Waals surface area contributed by atoms with Gasteiger partial charge >= 0.3 is 0 Å². The lowest BCUT2D eigenvalue weighted by atomic mass is 10.2. The van der Waals surface area contributed by atoms with Crippen molar-refractivity contribution < 1.29 is 0 Å². The van der Waals surface area contributed by atoms with Gasteiger partial charge in [-0.2, -0.15) is 10.5 Å². The first-order chi connectivity index (χ1) is 11.2. The average molecular weight is 363 g/mol. The number of piperidine rings is 2. The largest absolute Gasteiger partial charge is 0.371 e. The summed E-state index contributed by atoms with van der Waals surface area (Å²) in [5, 5.41) is 21.3. The molecule has 4 fully saturated rings. The molecule has 4 aliphatic rings. The molecule has 2 saturated carbocycles. The molecule has 0 radical (unpaired) electrons. The molecule has 24 heavy (non-hydrogen) atoms. The number of benzene rings is 1. The van der Waals surface area contributed by atoms with Crippen LogP contribution in [0.15, 0.2) is 24.3 Å². The van der Waals surface area contributed by atoms with Crippen molar-refractivity contribution in [2.75, 3.05) is 31.1 Å². The number of halogens is 2. The highest BCUT2D eigenvalue weighted by Crippen LogP contribution is 2.52. The number of anilines is 1. The molecule has 0 bridgehead atoms. The molecule has 2 heterocycles. The van der Waals surface area contributed by atoms with Crippen LogP contribution in [0.5, 0.6) is 0 Å². The van der Waals surface area contributed by atoms with E-state index in [-0.39, 0.29) is 12.4 Å². The quantitative estimate of drug-likeness (QED) is 0.833. The van der Waals surface area contributed by atoms with Crippen molar-refractivity contribution in [1.82, 2.24) is 5.32 Å². The summed E-state index contributed by atoms with van der Waals surface area (Å²) in [6.45, 7) is 4.21. The van der Waals surface area contributed by atoms with Crippen LogP contribution < -0.4 is 10.2 Å². The Labute approximate surface area is 153 Å². The molecule has 4 unspecified atom stereocenters. The van der Waals surface area contributed by atoms with Crippen LogP contribution in [0.3, 0.4) is 0 Å². The SMILES string of the molecule is Cl.N#CC1C2CN(c3cccc(Cl)c3)CC12.N#CC1C2CNCC12. The minimum atomic E-state index is 0. The number of nitriles is 2. The predicted octanol–water partition coefficient (Wildman–Crippen LogP) is 2.94. The summed E-state index contributed by atoms with van der Waals surface area (Å²) in [6, 6.07) is 12.6. The molecule has 126 valence electrons. The van der Waals surface area contributed by atoms with Crippen LogP contribution in [0.2, 0.25) is 5.02 Å². The normalized spacial score (nSPS) is 36.9. The smallest absolute Gasteiger partial charge is 0.0663 e. The first-order valence-electron chi connectivity index (χ1n) is 8.23. The number of hydrogen-bond donors (Lipinski definition) is 1. The topological polar surface area (TPSA) is 62.9 Å². The third kappa shape index (κ3) is 3.07. The summed E-state index contributed by atoms with van der Waals surface area (Å²) < 4.78 is 0. The fourth-order valence-corrected chi connectivity index (χ4v) is 4.40. The number of fused-ring (bicyclic) bond motifs is 2. The van der Waals surface area contributed by atoms with Crippen LogP contribution in [0.1, 0.15) is 0 Å². The summed E-state index contributed by atoms with van der Waals surface area (Å²) in [5.74, 6) is 3.39. The molecule has 2 aliphatic heterocycles. The van der Waals surface area contributed by atoms with E-state index in [1.807, 2.05) is 18.2 Å². The van der Waals surface area contributed by atoms with Gasteiger partial charge in [0.05, 0.1) is 24.0 Å². The van der Waals surface area contributed by atoms with E-state index in [9.17, 15) is 0 Å². The Morgan fingerprint density at radius 1 is 1.00 bits per heavy atom. The van der Waals surface area contributed by atoms with E-state index in [0.717, 1.165) is 43.0 Å². The molecule has 2 saturated heterocycles. The van der Waals surface area contributed by atoms with Crippen LogP contribution in [-0.2, 0) is 0 Å². The highest BCUT2D eigenvalue weighted by atomic mass is 35.5. The van der Waals surface area contributed by atoms with Crippen molar-refractivity contribution in [3.8, 4) is 12.1 Å². The van der Waals surface area contributed by atoms with Crippen LogP contribution in [0, 0.1) is 58.2 Å². The van der Waals surface area contributed by atoms with Gasteiger partial charge in [0.1, 0.15) is 0 Å². The maximum Gasteiger partial charge on any atom is 0.0663 e. The average Bonchev–Trinajstić information content (AvgIpc) is 3.24. The molecule has 2 aliphatic carbocycles. The second-order valence-corrected chi connectivity index (χ2v) is 7.44. The summed E-state index contributed by atoms with van der Waals surface area (Å²) in [5.41, 5.74) is 1.19. The third-order valence-corrected chi connectivity index (χ3v) is 5.99. The Morgan fingerprint density at radius 3 is 2.08 bits per heavy atom. The number of nitrogens with zero attached hydrogens (tertiary/aromatic N) is 3. The van der Waals surface area contributed by atoms with E-state index in [1.54, 1.807) is 0 Å². The predicted molar refractivity (Wildman–Crippen MR) is 95.9 cm³/mol. The van der Waals surface area contributed by atoms with Gasteiger partial charge in [0.25, 0.3) is 0 Å². The Bertz CT molecular complexity index is 673. The monoisotopic (exact) mass is 362 g/mol. The van der Waals surface area contributed by atoms with Gasteiger partial charge in [-0.15, -0.1) is 12.4 Å². The van der Waals surface area contributed by atoms with E-state index in [1.165, 1.54) is 5.69 Å². The van der Waals surface area contributed by atoms with Gasteiger partial charge < -0.3 is 10.2 Å². The number of nitrogens with one attached hydrogen (secondary N) is 1. The van der Waals surface area contributed by atoms with E-state index < -0.39 is 0 Å². The Hall–Kier alpha value is -1.46. The zero-order valence-electron chi connectivity index (χ0n) is 13.2. The number of rotatable bonds is 1. The van der Waals surface area contributed by atoms with Crippen molar-refractivity contribution >= 4 is 29.7 Å². The molecule has 6 heteroatoms. The van der Waals surface area contributed by atoms with E-state index in [0.29, 0.717) is 23.7 Å². The second kappa shape index (κ2) is 6.81. The van der Waals surface area contributed by atoms with Gasteiger partial charge in [-0.25, -0.2) is 0 Å². The Kier molecular flexibility index (Phi) is 4.92. The molecule has 0 amide bonds. The molecule has 0 aromatic heterocycles. The summed E-state index contributed by atoms with van der Waals surface area (Å²) in [7, 11) is 0. The zero-order valence-corrected chi connectivity index (χ0v) is 14.8. The molecule has 0 spiro atoms. The van der Waals surface area contributed by atoms with Crippen LogP contribution in [-0.4, -0.2) is 26.2 Å². The highest BCUT2D eigenvalue weighted by molar-refractivity contribution is 6.30. The molecule has 1 aromatic rings. The maximum absolute atomic E-state index is 8.82. The first kappa shape index (κ1) is 17.4. The van der Waals surface area contributed by atoms with Crippen molar-refractivity contribution in [3.63, 3.8) is 0 Å². The Morgan fingerprint density at radius 2 is 1.58 bits per heavy atom. The first-order valence-corrected chi connectivity index (χ1v) is 8.61. The lowest BCUT2D eigenvalue weighted by Crippen LogP contribution is -2.23.